The first-order valence-corrected chi connectivity index (χ1v) is 19.1. The van der Waals surface area contributed by atoms with Crippen molar-refractivity contribution in [1.82, 2.24) is 31.9 Å². The maximum atomic E-state index is 12.0. The first-order chi connectivity index (χ1) is 21.7. The molecule has 0 atom stereocenters. The first kappa shape index (κ1) is 42.8. The van der Waals surface area contributed by atoms with Crippen LogP contribution in [0, 0.1) is 0 Å². The van der Waals surface area contributed by atoms with Gasteiger partial charge < -0.3 is 31.9 Å². The highest BCUT2D eigenvalue weighted by Crippen LogP contribution is 2.11. The van der Waals surface area contributed by atoms with Crippen LogP contribution in [0.1, 0.15) is 155 Å². The Morgan fingerprint density at radius 3 is 0.864 bits per heavy atom. The largest absolute Gasteiger partial charge is 0.356 e. The molecule has 0 spiro atoms. The van der Waals surface area contributed by atoms with Gasteiger partial charge in [0, 0.05) is 78.3 Å². The van der Waals surface area contributed by atoms with Crippen molar-refractivity contribution in [3.05, 3.63) is 0 Å². The van der Waals surface area contributed by atoms with E-state index in [4.69, 9.17) is 0 Å². The molecule has 0 fully saturated rings. The molecule has 8 nitrogen and oxygen atoms in total. The quantitative estimate of drug-likeness (QED) is 0.0460. The lowest BCUT2D eigenvalue weighted by Crippen LogP contribution is -2.36. The molecule has 0 aromatic rings. The maximum Gasteiger partial charge on any atom is 0.221 e. The number of carbonyl (C=O) groups is 2. The van der Waals surface area contributed by atoms with E-state index in [-0.39, 0.29) is 11.8 Å². The molecular weight excluding hydrogens is 548 g/mol. The van der Waals surface area contributed by atoms with E-state index in [1.165, 1.54) is 116 Å². The highest BCUT2D eigenvalue weighted by atomic mass is 16.2. The topological polar surface area (TPSA) is 106 Å². The first-order valence-electron chi connectivity index (χ1n) is 19.1. The van der Waals surface area contributed by atoms with E-state index in [1.807, 2.05) is 0 Å². The smallest absolute Gasteiger partial charge is 0.221 e. The van der Waals surface area contributed by atoms with Gasteiger partial charge in [-0.05, 0) is 12.8 Å². The fourth-order valence-corrected chi connectivity index (χ4v) is 5.29. The molecule has 0 aliphatic rings. The van der Waals surface area contributed by atoms with Crippen molar-refractivity contribution in [3.63, 3.8) is 0 Å². The number of rotatable bonds is 37. The average molecular weight is 625 g/mol. The van der Waals surface area contributed by atoms with Crippen LogP contribution in [0.15, 0.2) is 0 Å². The van der Waals surface area contributed by atoms with Gasteiger partial charge in [0.05, 0.1) is 0 Å². The summed E-state index contributed by atoms with van der Waals surface area (Å²) in [5.41, 5.74) is 0. The van der Waals surface area contributed by atoms with Crippen LogP contribution in [0.4, 0.5) is 0 Å². The van der Waals surface area contributed by atoms with E-state index in [2.05, 4.69) is 45.7 Å². The zero-order valence-corrected chi connectivity index (χ0v) is 29.4. The van der Waals surface area contributed by atoms with E-state index in [0.717, 1.165) is 78.3 Å². The van der Waals surface area contributed by atoms with Crippen LogP contribution in [-0.2, 0) is 9.59 Å². The molecule has 8 heteroatoms. The fourth-order valence-electron chi connectivity index (χ4n) is 5.29. The molecule has 44 heavy (non-hydrogen) atoms. The number of unbranched alkanes of at least 4 members (excludes halogenated alkanes) is 18. The summed E-state index contributed by atoms with van der Waals surface area (Å²) < 4.78 is 0. The molecule has 0 bridgehead atoms. The van der Waals surface area contributed by atoms with E-state index < -0.39 is 0 Å². The molecule has 0 saturated heterocycles. The van der Waals surface area contributed by atoms with Gasteiger partial charge in [-0.1, -0.05) is 129 Å². The number of hydrogen-bond donors (Lipinski definition) is 6. The molecule has 262 valence electrons. The summed E-state index contributed by atoms with van der Waals surface area (Å²) in [6.45, 7) is 13.0. The third kappa shape index (κ3) is 37.0. The van der Waals surface area contributed by atoms with Gasteiger partial charge in [-0.25, -0.2) is 0 Å². The SMILES string of the molecule is CCCCCCCCCCCCNC(=O)CCNCCNCCNCCNCCC(=O)NCCCCCCCCCCCC. The molecular formula is C36H76N6O2. The molecule has 0 aliphatic heterocycles. The minimum absolute atomic E-state index is 0.157. The maximum absolute atomic E-state index is 12.0. The lowest BCUT2D eigenvalue weighted by Gasteiger charge is -2.09. The van der Waals surface area contributed by atoms with Crippen molar-refractivity contribution in [3.8, 4) is 0 Å². The van der Waals surface area contributed by atoms with Crippen molar-refractivity contribution < 1.29 is 9.59 Å². The molecule has 2 amide bonds. The van der Waals surface area contributed by atoms with Crippen LogP contribution >= 0.6 is 0 Å². The second-order valence-electron chi connectivity index (χ2n) is 12.6. The van der Waals surface area contributed by atoms with Crippen LogP contribution in [0.5, 0.6) is 0 Å². The number of hydrogen-bond acceptors (Lipinski definition) is 6. The Morgan fingerprint density at radius 2 is 0.568 bits per heavy atom. The Morgan fingerprint density at radius 1 is 0.318 bits per heavy atom. The highest BCUT2D eigenvalue weighted by Gasteiger charge is 2.01. The van der Waals surface area contributed by atoms with E-state index in [0.29, 0.717) is 12.8 Å². The summed E-state index contributed by atoms with van der Waals surface area (Å²) in [5, 5.41) is 19.6. The molecule has 6 N–H and O–H groups in total. The van der Waals surface area contributed by atoms with Gasteiger partial charge in [0.25, 0.3) is 0 Å². The minimum atomic E-state index is 0.157. The third-order valence-electron chi connectivity index (χ3n) is 8.20. The Bertz CT molecular complexity index is 543. The van der Waals surface area contributed by atoms with Crippen LogP contribution < -0.4 is 31.9 Å². The molecule has 0 aromatic heterocycles. The predicted molar refractivity (Wildman–Crippen MR) is 190 cm³/mol. The summed E-state index contributed by atoms with van der Waals surface area (Å²) in [6, 6.07) is 0. The van der Waals surface area contributed by atoms with E-state index >= 15 is 0 Å². The zero-order valence-electron chi connectivity index (χ0n) is 29.4. The Kier molecular flexibility index (Phi) is 36.9. The van der Waals surface area contributed by atoms with Gasteiger partial charge in [-0.2, -0.15) is 0 Å². The Labute approximate surface area is 273 Å². The molecule has 0 unspecified atom stereocenters. The van der Waals surface area contributed by atoms with Crippen molar-refractivity contribution in [1.29, 1.82) is 0 Å². The zero-order chi connectivity index (χ0) is 32.0. The molecule has 0 saturated carbocycles. The van der Waals surface area contributed by atoms with Gasteiger partial charge >= 0.3 is 0 Å². The normalized spacial score (nSPS) is 11.2. The van der Waals surface area contributed by atoms with Gasteiger partial charge in [-0.15, -0.1) is 0 Å². The monoisotopic (exact) mass is 625 g/mol. The second-order valence-corrected chi connectivity index (χ2v) is 12.6. The lowest BCUT2D eigenvalue weighted by molar-refractivity contribution is -0.121. The second kappa shape index (κ2) is 38.0. The minimum Gasteiger partial charge on any atom is -0.356 e. The van der Waals surface area contributed by atoms with Gasteiger partial charge in [0.15, 0.2) is 0 Å². The van der Waals surface area contributed by atoms with Crippen molar-refractivity contribution in [2.45, 2.75) is 155 Å². The van der Waals surface area contributed by atoms with E-state index in [9.17, 15) is 9.59 Å². The fraction of sp³-hybridized carbons (Fsp3) is 0.944. The molecule has 0 radical (unpaired) electrons. The van der Waals surface area contributed by atoms with Gasteiger partial charge in [0.1, 0.15) is 0 Å². The van der Waals surface area contributed by atoms with Crippen molar-refractivity contribution >= 4 is 11.8 Å². The van der Waals surface area contributed by atoms with Crippen molar-refractivity contribution in [2.75, 3.05) is 65.4 Å². The predicted octanol–water partition coefficient (Wildman–Crippen LogP) is 6.20. The highest BCUT2D eigenvalue weighted by molar-refractivity contribution is 5.76. The van der Waals surface area contributed by atoms with Crippen LogP contribution in [0.2, 0.25) is 0 Å². The lowest BCUT2D eigenvalue weighted by atomic mass is 10.1. The Balaban J connectivity index is 3.21. The van der Waals surface area contributed by atoms with Gasteiger partial charge in [-0.3, -0.25) is 9.59 Å². The third-order valence-corrected chi connectivity index (χ3v) is 8.20. The molecule has 0 aromatic carbocycles. The number of amides is 2. The molecule has 0 aliphatic carbocycles. The summed E-state index contributed by atoms with van der Waals surface area (Å²) in [5.74, 6) is 0.313. The van der Waals surface area contributed by atoms with Gasteiger partial charge in [0.2, 0.25) is 11.8 Å². The summed E-state index contributed by atoms with van der Waals surface area (Å²) >= 11 is 0. The van der Waals surface area contributed by atoms with Crippen LogP contribution in [0.25, 0.3) is 0 Å². The Hall–Kier alpha value is -1.22. The summed E-state index contributed by atoms with van der Waals surface area (Å²) in [6.07, 6.45) is 27.5. The summed E-state index contributed by atoms with van der Waals surface area (Å²) in [4.78, 5) is 23.9. The number of nitrogens with one attached hydrogen (secondary N) is 6. The van der Waals surface area contributed by atoms with E-state index in [1.54, 1.807) is 0 Å². The summed E-state index contributed by atoms with van der Waals surface area (Å²) in [7, 11) is 0. The molecule has 0 heterocycles. The average Bonchev–Trinajstić information content (AvgIpc) is 3.02. The van der Waals surface area contributed by atoms with Crippen LogP contribution in [0.3, 0.4) is 0 Å². The number of carbonyl (C=O) groups excluding carboxylic acids is 2. The van der Waals surface area contributed by atoms with Crippen LogP contribution in [-0.4, -0.2) is 77.3 Å². The molecule has 0 rings (SSSR count). The van der Waals surface area contributed by atoms with Crippen molar-refractivity contribution in [2.24, 2.45) is 0 Å². The standard InChI is InChI=1S/C36H76N6O2/c1-3-5-7-9-11-13-15-17-19-21-25-41-35(43)23-27-37-29-31-39-33-34-40-32-30-38-28-24-36(44)42-26-22-20-18-16-14-12-10-8-6-4-2/h37-40H,3-34H2,1-2H3,(H,41,43)(H,42,44).